The molecule has 2 heteroatoms. The van der Waals surface area contributed by atoms with E-state index in [1.807, 2.05) is 23.7 Å². The van der Waals surface area contributed by atoms with Crippen LogP contribution in [0.1, 0.15) is 0 Å². The Morgan fingerprint density at radius 2 is 2.42 bits per heavy atom. The van der Waals surface area contributed by atoms with Crippen molar-refractivity contribution in [2.24, 2.45) is 0 Å². The summed E-state index contributed by atoms with van der Waals surface area (Å²) < 4.78 is 2.10. The van der Waals surface area contributed by atoms with Crippen molar-refractivity contribution in [2.45, 2.75) is 6.54 Å². The number of nitrogens with zero attached hydrogens (tertiary/aromatic N) is 1. The zero-order chi connectivity index (χ0) is 8.81. The van der Waals surface area contributed by atoms with E-state index >= 15 is 0 Å². The van der Waals surface area contributed by atoms with Crippen molar-refractivity contribution in [1.82, 2.24) is 0 Å². The third kappa shape index (κ3) is 2.84. The van der Waals surface area contributed by atoms with Gasteiger partial charge < -0.3 is 0 Å². The molecule has 0 saturated heterocycles. The maximum Gasteiger partial charge on any atom is 0.224 e. The largest absolute Gasteiger partial charge is 0.224 e. The van der Waals surface area contributed by atoms with Gasteiger partial charge in [-0.1, -0.05) is 42.7 Å². The average Bonchev–Trinajstić information content (AvgIpc) is 2.53. The summed E-state index contributed by atoms with van der Waals surface area (Å²) >= 11 is 1.68. The van der Waals surface area contributed by atoms with Gasteiger partial charge in [-0.25, -0.2) is 0 Å². The van der Waals surface area contributed by atoms with Gasteiger partial charge in [0.1, 0.15) is 0 Å². The molecule has 0 fully saturated rings. The summed E-state index contributed by atoms with van der Waals surface area (Å²) in [6, 6.07) is 0. The van der Waals surface area contributed by atoms with Gasteiger partial charge in [0.25, 0.3) is 0 Å². The molecule has 1 aromatic heterocycles. The molecule has 12 heavy (non-hydrogen) atoms. The first kappa shape index (κ1) is 8.94. The standard InChI is InChI=1S/C10H12NS/c1-3-4-5-10(2)8-11-6-7-12-9-11/h3-7,9H,1-2,8H2/q+1/b5-4-. The minimum Gasteiger partial charge on any atom is -0.191 e. The van der Waals surface area contributed by atoms with E-state index in [4.69, 9.17) is 0 Å². The summed E-state index contributed by atoms with van der Waals surface area (Å²) in [7, 11) is 0. The molecule has 0 unspecified atom stereocenters. The highest BCUT2D eigenvalue weighted by molar-refractivity contribution is 7.07. The van der Waals surface area contributed by atoms with Crippen molar-refractivity contribution in [3.05, 3.63) is 54.0 Å². The van der Waals surface area contributed by atoms with Crippen LogP contribution in [0, 0.1) is 0 Å². The van der Waals surface area contributed by atoms with Crippen LogP contribution < -0.4 is 4.57 Å². The Morgan fingerprint density at radius 3 is 3.00 bits per heavy atom. The summed E-state index contributed by atoms with van der Waals surface area (Å²) in [5.74, 6) is 0. The van der Waals surface area contributed by atoms with Gasteiger partial charge in [0, 0.05) is 5.57 Å². The van der Waals surface area contributed by atoms with Gasteiger partial charge in [-0.3, -0.25) is 0 Å². The lowest BCUT2D eigenvalue weighted by molar-refractivity contribution is -0.683. The molecule has 0 aliphatic heterocycles. The monoisotopic (exact) mass is 178 g/mol. The van der Waals surface area contributed by atoms with Crippen LogP contribution >= 0.6 is 11.3 Å². The Hall–Kier alpha value is -1.15. The number of thiazole rings is 1. The Labute approximate surface area is 77.0 Å². The minimum absolute atomic E-state index is 0.855. The second-order valence-electron chi connectivity index (χ2n) is 2.45. The second-order valence-corrected chi connectivity index (χ2v) is 3.21. The van der Waals surface area contributed by atoms with Crippen LogP contribution in [0.15, 0.2) is 54.0 Å². The van der Waals surface area contributed by atoms with Crippen LogP contribution in [0.3, 0.4) is 0 Å². The molecule has 0 saturated carbocycles. The lowest BCUT2D eigenvalue weighted by Gasteiger charge is -1.90. The zero-order valence-corrected chi connectivity index (χ0v) is 7.76. The van der Waals surface area contributed by atoms with Crippen molar-refractivity contribution in [2.75, 3.05) is 0 Å². The first-order valence-corrected chi connectivity index (χ1v) is 4.65. The molecule has 0 aliphatic rings. The normalized spacial score (nSPS) is 10.3. The summed E-state index contributed by atoms with van der Waals surface area (Å²) in [4.78, 5) is 0. The molecule has 0 aromatic carbocycles. The molecule has 0 N–H and O–H groups in total. The first-order valence-electron chi connectivity index (χ1n) is 3.71. The first-order chi connectivity index (χ1) is 5.83. The molecule has 0 bridgehead atoms. The predicted molar refractivity (Wildman–Crippen MR) is 53.0 cm³/mol. The number of hydrogen-bond acceptors (Lipinski definition) is 1. The maximum atomic E-state index is 3.92. The quantitative estimate of drug-likeness (QED) is 0.492. The highest BCUT2D eigenvalue weighted by atomic mass is 32.1. The molecule has 1 aromatic rings. The van der Waals surface area contributed by atoms with Crippen LogP contribution in [0.2, 0.25) is 0 Å². The fourth-order valence-corrected chi connectivity index (χ4v) is 1.44. The topological polar surface area (TPSA) is 3.88 Å². The van der Waals surface area contributed by atoms with Gasteiger partial charge >= 0.3 is 0 Å². The fraction of sp³-hybridized carbons (Fsp3) is 0.100. The Morgan fingerprint density at radius 1 is 1.58 bits per heavy atom. The van der Waals surface area contributed by atoms with E-state index in [2.05, 4.69) is 23.2 Å². The van der Waals surface area contributed by atoms with Gasteiger partial charge in [0.05, 0.1) is 5.38 Å². The van der Waals surface area contributed by atoms with E-state index in [0.717, 1.165) is 12.1 Å². The van der Waals surface area contributed by atoms with Gasteiger partial charge in [-0.05, 0) is 0 Å². The van der Waals surface area contributed by atoms with Crippen molar-refractivity contribution >= 4 is 11.3 Å². The summed E-state index contributed by atoms with van der Waals surface area (Å²) in [5, 5.41) is 2.05. The molecule has 1 rings (SSSR count). The molecule has 62 valence electrons. The van der Waals surface area contributed by atoms with Crippen LogP contribution in [-0.4, -0.2) is 0 Å². The zero-order valence-electron chi connectivity index (χ0n) is 6.94. The van der Waals surface area contributed by atoms with Crippen molar-refractivity contribution in [3.8, 4) is 0 Å². The second kappa shape index (κ2) is 4.67. The van der Waals surface area contributed by atoms with Crippen LogP contribution in [0.25, 0.3) is 0 Å². The van der Waals surface area contributed by atoms with E-state index in [1.165, 1.54) is 0 Å². The number of hydrogen-bond donors (Lipinski definition) is 0. The van der Waals surface area contributed by atoms with E-state index in [0.29, 0.717) is 0 Å². The van der Waals surface area contributed by atoms with Crippen LogP contribution in [-0.2, 0) is 6.54 Å². The van der Waals surface area contributed by atoms with Crippen molar-refractivity contribution < 1.29 is 4.57 Å². The smallest absolute Gasteiger partial charge is 0.191 e. The lowest BCUT2D eigenvalue weighted by atomic mass is 10.3. The molecule has 1 nitrogen and oxygen atoms in total. The summed E-state index contributed by atoms with van der Waals surface area (Å²) in [6.45, 7) is 8.37. The third-order valence-electron chi connectivity index (χ3n) is 1.38. The number of rotatable bonds is 4. The molecule has 0 aliphatic carbocycles. The Bertz CT molecular complexity index is 283. The van der Waals surface area contributed by atoms with Crippen molar-refractivity contribution in [3.63, 3.8) is 0 Å². The third-order valence-corrected chi connectivity index (χ3v) is 2.05. The molecule has 1 heterocycles. The summed E-state index contributed by atoms with van der Waals surface area (Å²) in [6.07, 6.45) is 7.66. The highest BCUT2D eigenvalue weighted by Gasteiger charge is 1.99. The molecule has 0 atom stereocenters. The molecular formula is C10H12NS+. The highest BCUT2D eigenvalue weighted by Crippen LogP contribution is 1.95. The minimum atomic E-state index is 0.855. The van der Waals surface area contributed by atoms with Crippen molar-refractivity contribution in [1.29, 1.82) is 0 Å². The Kier molecular flexibility index (Phi) is 3.48. The number of aromatic nitrogens is 1. The van der Waals surface area contributed by atoms with Gasteiger partial charge in [-0.15, -0.1) is 0 Å². The molecule has 0 radical (unpaired) electrons. The molecule has 0 amide bonds. The Balaban J connectivity index is 2.47. The maximum absolute atomic E-state index is 3.92. The average molecular weight is 178 g/mol. The van der Waals surface area contributed by atoms with E-state index in [9.17, 15) is 0 Å². The van der Waals surface area contributed by atoms with Crippen LogP contribution in [0.5, 0.6) is 0 Å². The SMILES string of the molecule is C=C/C=C\C(=C)C[n+]1ccsc1. The van der Waals surface area contributed by atoms with E-state index in [-0.39, 0.29) is 0 Å². The predicted octanol–water partition coefficient (Wildman–Crippen LogP) is 2.33. The van der Waals surface area contributed by atoms with Gasteiger partial charge in [-0.2, -0.15) is 4.57 Å². The van der Waals surface area contributed by atoms with Crippen LogP contribution in [0.4, 0.5) is 0 Å². The van der Waals surface area contributed by atoms with E-state index < -0.39 is 0 Å². The van der Waals surface area contributed by atoms with Gasteiger partial charge in [0.15, 0.2) is 12.7 Å². The lowest BCUT2D eigenvalue weighted by Crippen LogP contribution is -2.30. The fourth-order valence-electron chi connectivity index (χ4n) is 0.843. The summed E-state index contributed by atoms with van der Waals surface area (Å²) in [5.41, 5.74) is 3.14. The number of allylic oxidation sites excluding steroid dienone is 4. The van der Waals surface area contributed by atoms with Gasteiger partial charge in [0.2, 0.25) is 5.51 Å². The molecule has 0 spiro atoms. The molecular weight excluding hydrogens is 166 g/mol. The van der Waals surface area contributed by atoms with E-state index in [1.54, 1.807) is 17.4 Å².